The number of aromatic nitrogens is 1. The summed E-state index contributed by atoms with van der Waals surface area (Å²) in [6, 6.07) is 12.1. The van der Waals surface area contributed by atoms with Crippen LogP contribution in [0.25, 0.3) is 11.3 Å². The van der Waals surface area contributed by atoms with Crippen molar-refractivity contribution in [2.24, 2.45) is 4.99 Å². The number of aliphatic imine (C=N–C) groups is 1. The lowest BCUT2D eigenvalue weighted by atomic mass is 9.98. The number of carboxylic acids is 1. The van der Waals surface area contributed by atoms with Gasteiger partial charge in [0.05, 0.1) is 6.54 Å². The Morgan fingerprint density at radius 1 is 1.05 bits per heavy atom. The minimum atomic E-state index is -1.08. The summed E-state index contributed by atoms with van der Waals surface area (Å²) >= 11 is 0. The normalized spacial score (nSPS) is 13.9. The first-order valence-electron chi connectivity index (χ1n) is 12.3. The minimum absolute atomic E-state index is 0.159. The van der Waals surface area contributed by atoms with Crippen LogP contribution in [0.1, 0.15) is 51.7 Å². The molecule has 1 aliphatic heterocycles. The lowest BCUT2D eigenvalue weighted by Gasteiger charge is -2.17. The Balaban J connectivity index is 1.39. The van der Waals surface area contributed by atoms with Gasteiger partial charge in [-0.15, -0.1) is 0 Å². The second-order valence-corrected chi connectivity index (χ2v) is 9.58. The summed E-state index contributed by atoms with van der Waals surface area (Å²) in [6.07, 6.45) is 3.19. The highest BCUT2D eigenvalue weighted by Gasteiger charge is 2.23. The van der Waals surface area contributed by atoms with Crippen LogP contribution in [0.4, 0.5) is 0 Å². The molecule has 1 aliphatic rings. The number of rotatable bonds is 8. The van der Waals surface area contributed by atoms with Crippen LogP contribution < -0.4 is 10.6 Å². The van der Waals surface area contributed by atoms with E-state index in [4.69, 9.17) is 4.52 Å². The molecule has 1 atom stereocenters. The molecule has 8 heteroatoms. The van der Waals surface area contributed by atoms with Crippen LogP contribution in [-0.2, 0) is 17.8 Å². The van der Waals surface area contributed by atoms with Gasteiger partial charge in [-0.1, -0.05) is 52.7 Å². The van der Waals surface area contributed by atoms with Crippen LogP contribution >= 0.6 is 0 Å². The van der Waals surface area contributed by atoms with E-state index < -0.39 is 12.0 Å². The number of aliphatic carboxylic acids is 1. The first-order valence-corrected chi connectivity index (χ1v) is 12.3. The van der Waals surface area contributed by atoms with Crippen molar-refractivity contribution in [1.82, 2.24) is 15.8 Å². The SMILES string of the molecule is CC1=CC(NCc2cc(-c3ccc(C[C@H](NC(=O)c4c(C)cc(C)cc4C)C(=O)O)cc3)on2)=NCC1. The number of hydrogen-bond acceptors (Lipinski definition) is 6. The van der Waals surface area contributed by atoms with Crippen LogP contribution in [0.3, 0.4) is 0 Å². The standard InChI is InChI=1S/C29H32N4O4/c1-17-9-10-30-26(13-17)31-16-23-15-25(37-33-23)22-7-5-21(6-8-22)14-24(29(35)36)32-28(34)27-19(3)11-18(2)12-20(27)4/h5-8,11-13,15,24H,9-10,14,16H2,1-4H3,(H,30,31)(H,32,34)(H,35,36)/t24-/m0/s1. The van der Waals surface area contributed by atoms with E-state index in [-0.39, 0.29) is 12.3 Å². The highest BCUT2D eigenvalue weighted by atomic mass is 16.5. The Kier molecular flexibility index (Phi) is 7.86. The van der Waals surface area contributed by atoms with Gasteiger partial charge >= 0.3 is 5.97 Å². The molecular weight excluding hydrogens is 468 g/mol. The van der Waals surface area contributed by atoms with Gasteiger partial charge in [-0.3, -0.25) is 9.79 Å². The van der Waals surface area contributed by atoms with E-state index in [9.17, 15) is 14.7 Å². The molecule has 0 fully saturated rings. The molecule has 0 aliphatic carbocycles. The Hall–Kier alpha value is -4.20. The maximum absolute atomic E-state index is 12.9. The Bertz CT molecular complexity index is 1350. The summed E-state index contributed by atoms with van der Waals surface area (Å²) in [5.74, 6) is 0.00554. The van der Waals surface area contributed by atoms with Gasteiger partial charge in [-0.05, 0) is 56.9 Å². The number of benzene rings is 2. The lowest BCUT2D eigenvalue weighted by molar-refractivity contribution is -0.139. The van der Waals surface area contributed by atoms with Gasteiger partial charge < -0.3 is 20.3 Å². The molecule has 3 N–H and O–H groups in total. The van der Waals surface area contributed by atoms with E-state index in [1.54, 1.807) is 0 Å². The van der Waals surface area contributed by atoms with E-state index in [2.05, 4.69) is 27.7 Å². The monoisotopic (exact) mass is 500 g/mol. The van der Waals surface area contributed by atoms with Crippen LogP contribution in [0.15, 0.2) is 63.6 Å². The van der Waals surface area contributed by atoms with Crippen LogP contribution in [0.5, 0.6) is 0 Å². The highest BCUT2D eigenvalue weighted by Crippen LogP contribution is 2.22. The number of carbonyl (C=O) groups excluding carboxylic acids is 1. The van der Waals surface area contributed by atoms with E-state index >= 15 is 0 Å². The summed E-state index contributed by atoms with van der Waals surface area (Å²) in [6.45, 7) is 9.07. The molecule has 192 valence electrons. The van der Waals surface area contributed by atoms with Crippen molar-refractivity contribution in [3.05, 3.63) is 87.6 Å². The number of amidine groups is 1. The third kappa shape index (κ3) is 6.52. The van der Waals surface area contributed by atoms with E-state index in [1.165, 1.54) is 5.57 Å². The van der Waals surface area contributed by atoms with E-state index in [0.29, 0.717) is 17.9 Å². The molecule has 0 unspecified atom stereocenters. The third-order valence-corrected chi connectivity index (χ3v) is 6.37. The van der Waals surface area contributed by atoms with Gasteiger partial charge in [0.25, 0.3) is 5.91 Å². The minimum Gasteiger partial charge on any atom is -0.480 e. The summed E-state index contributed by atoms with van der Waals surface area (Å²) in [7, 11) is 0. The molecule has 4 rings (SSSR count). The third-order valence-electron chi connectivity index (χ3n) is 6.37. The lowest BCUT2D eigenvalue weighted by Crippen LogP contribution is -2.42. The smallest absolute Gasteiger partial charge is 0.326 e. The van der Waals surface area contributed by atoms with Gasteiger partial charge in [-0.25, -0.2) is 4.79 Å². The summed E-state index contributed by atoms with van der Waals surface area (Å²) < 4.78 is 5.51. The second-order valence-electron chi connectivity index (χ2n) is 9.58. The molecule has 1 amide bonds. The molecular formula is C29H32N4O4. The van der Waals surface area contributed by atoms with Crippen LogP contribution in [0, 0.1) is 20.8 Å². The average molecular weight is 501 g/mol. The second kappa shape index (κ2) is 11.2. The van der Waals surface area contributed by atoms with Gasteiger partial charge in [0.1, 0.15) is 17.6 Å². The first kappa shape index (κ1) is 25.9. The zero-order valence-corrected chi connectivity index (χ0v) is 21.6. The summed E-state index contributed by atoms with van der Waals surface area (Å²) in [5, 5.41) is 19.8. The van der Waals surface area contributed by atoms with Crippen molar-refractivity contribution in [3.63, 3.8) is 0 Å². The quantitative estimate of drug-likeness (QED) is 0.418. The number of carbonyl (C=O) groups is 2. The van der Waals surface area contributed by atoms with Gasteiger partial charge in [0, 0.05) is 30.2 Å². The van der Waals surface area contributed by atoms with Crippen LogP contribution in [-0.4, -0.2) is 40.6 Å². The zero-order chi connectivity index (χ0) is 26.5. The molecule has 2 heterocycles. The topological polar surface area (TPSA) is 117 Å². The van der Waals surface area contributed by atoms with Crippen molar-refractivity contribution in [1.29, 1.82) is 0 Å². The number of hydrogen-bond donors (Lipinski definition) is 3. The molecule has 0 saturated carbocycles. The first-order chi connectivity index (χ1) is 17.7. The number of nitrogens with one attached hydrogen (secondary N) is 2. The largest absolute Gasteiger partial charge is 0.480 e. The van der Waals surface area contributed by atoms with Crippen molar-refractivity contribution >= 4 is 17.7 Å². The summed E-state index contributed by atoms with van der Waals surface area (Å²) in [4.78, 5) is 29.3. The van der Waals surface area contributed by atoms with E-state index in [1.807, 2.05) is 69.3 Å². The molecule has 2 aromatic carbocycles. The number of aryl methyl sites for hydroxylation is 3. The van der Waals surface area contributed by atoms with Gasteiger partial charge in [0.2, 0.25) is 0 Å². The Morgan fingerprint density at radius 3 is 2.41 bits per heavy atom. The van der Waals surface area contributed by atoms with Crippen molar-refractivity contribution in [2.45, 2.75) is 53.1 Å². The maximum atomic E-state index is 12.9. The molecule has 37 heavy (non-hydrogen) atoms. The fourth-order valence-corrected chi connectivity index (χ4v) is 4.53. The van der Waals surface area contributed by atoms with Crippen molar-refractivity contribution in [2.75, 3.05) is 6.54 Å². The van der Waals surface area contributed by atoms with Gasteiger partial charge in [-0.2, -0.15) is 0 Å². The molecule has 0 bridgehead atoms. The molecule has 3 aromatic rings. The predicted molar refractivity (Wildman–Crippen MR) is 143 cm³/mol. The molecule has 0 radical (unpaired) electrons. The highest BCUT2D eigenvalue weighted by molar-refractivity contribution is 5.99. The number of carboxylic acid groups (broad SMARTS) is 1. The zero-order valence-electron chi connectivity index (χ0n) is 21.6. The van der Waals surface area contributed by atoms with Crippen LogP contribution in [0.2, 0.25) is 0 Å². The predicted octanol–water partition coefficient (Wildman–Crippen LogP) is 4.53. The molecule has 0 saturated heterocycles. The Morgan fingerprint density at radius 2 is 1.76 bits per heavy atom. The number of dihydropyridines is 1. The summed E-state index contributed by atoms with van der Waals surface area (Å²) in [5.41, 5.74) is 6.89. The fraction of sp³-hybridized carbons (Fsp3) is 0.310. The van der Waals surface area contributed by atoms with Crippen molar-refractivity contribution in [3.8, 4) is 11.3 Å². The Labute approximate surface area is 216 Å². The van der Waals surface area contributed by atoms with Crippen molar-refractivity contribution < 1.29 is 19.2 Å². The molecule has 0 spiro atoms. The molecule has 8 nitrogen and oxygen atoms in total. The number of amides is 1. The fourth-order valence-electron chi connectivity index (χ4n) is 4.53. The maximum Gasteiger partial charge on any atom is 0.326 e. The molecule has 1 aromatic heterocycles. The number of nitrogens with zero attached hydrogens (tertiary/aromatic N) is 2. The van der Waals surface area contributed by atoms with Gasteiger partial charge in [0.15, 0.2) is 5.76 Å². The van der Waals surface area contributed by atoms with E-state index in [0.717, 1.165) is 52.3 Å². The average Bonchev–Trinajstić information content (AvgIpc) is 3.31.